The molecule has 0 aromatic heterocycles. The van der Waals surface area contributed by atoms with E-state index in [2.05, 4.69) is 15.9 Å². The summed E-state index contributed by atoms with van der Waals surface area (Å²) < 4.78 is 1.05. The fourth-order valence-corrected chi connectivity index (χ4v) is 3.23. The van der Waals surface area contributed by atoms with Gasteiger partial charge in [0.1, 0.15) is 0 Å². The molecule has 1 atom stereocenters. The molecule has 20 heavy (non-hydrogen) atoms. The molecule has 2 nitrogen and oxygen atoms in total. The van der Waals surface area contributed by atoms with Crippen LogP contribution in [-0.4, -0.2) is 16.8 Å². The van der Waals surface area contributed by atoms with Crippen molar-refractivity contribution in [2.45, 2.75) is 17.2 Å². The molecule has 0 radical (unpaired) electrons. The third kappa shape index (κ3) is 4.69. The van der Waals surface area contributed by atoms with Crippen LogP contribution < -0.4 is 0 Å². The summed E-state index contributed by atoms with van der Waals surface area (Å²) in [6, 6.07) is 17.9. The highest BCUT2D eigenvalue weighted by atomic mass is 79.9. The predicted molar refractivity (Wildman–Crippen MR) is 86.3 cm³/mol. The molecule has 0 aliphatic rings. The molecule has 0 saturated carbocycles. The Hall–Kier alpha value is -1.26. The molecule has 0 fully saturated rings. The maximum Gasteiger partial charge on any atom is 0.303 e. The topological polar surface area (TPSA) is 37.3 Å². The molecule has 0 aliphatic heterocycles. The normalized spacial score (nSPS) is 12.1. The van der Waals surface area contributed by atoms with Crippen molar-refractivity contribution in [2.75, 3.05) is 5.75 Å². The minimum absolute atomic E-state index is 0.0300. The van der Waals surface area contributed by atoms with E-state index in [4.69, 9.17) is 5.11 Å². The summed E-state index contributed by atoms with van der Waals surface area (Å²) in [5.74, 6) is 0.0374. The fourth-order valence-electron chi connectivity index (χ4n) is 1.94. The zero-order valence-electron chi connectivity index (χ0n) is 10.8. The van der Waals surface area contributed by atoms with Gasteiger partial charge in [-0.3, -0.25) is 4.79 Å². The van der Waals surface area contributed by atoms with Gasteiger partial charge in [-0.15, -0.1) is 11.8 Å². The summed E-state index contributed by atoms with van der Waals surface area (Å²) in [7, 11) is 0. The second kappa shape index (κ2) is 7.50. The second-order valence-electron chi connectivity index (χ2n) is 4.47. The monoisotopic (exact) mass is 350 g/mol. The van der Waals surface area contributed by atoms with E-state index in [1.165, 1.54) is 0 Å². The SMILES string of the molecule is O=C(O)CC(CSc1ccc(Br)cc1)c1ccccc1. The van der Waals surface area contributed by atoms with Crippen LogP contribution in [0.3, 0.4) is 0 Å². The first-order chi connectivity index (χ1) is 9.65. The third-order valence-electron chi connectivity index (χ3n) is 2.96. The molecule has 0 aliphatic carbocycles. The van der Waals surface area contributed by atoms with E-state index in [-0.39, 0.29) is 12.3 Å². The Balaban J connectivity index is 2.04. The number of carboxylic acids is 1. The molecule has 0 heterocycles. The molecule has 0 bridgehead atoms. The van der Waals surface area contributed by atoms with Gasteiger partial charge >= 0.3 is 5.97 Å². The second-order valence-corrected chi connectivity index (χ2v) is 6.48. The summed E-state index contributed by atoms with van der Waals surface area (Å²) in [5, 5.41) is 9.06. The first-order valence-corrected chi connectivity index (χ1v) is 8.08. The molecule has 2 rings (SSSR count). The van der Waals surface area contributed by atoms with Crippen molar-refractivity contribution >= 4 is 33.7 Å². The lowest BCUT2D eigenvalue weighted by Gasteiger charge is -2.15. The number of halogens is 1. The Kier molecular flexibility index (Phi) is 5.68. The van der Waals surface area contributed by atoms with E-state index in [0.29, 0.717) is 0 Å². The minimum Gasteiger partial charge on any atom is -0.481 e. The average Bonchev–Trinajstić information content (AvgIpc) is 2.46. The maximum atomic E-state index is 11.0. The van der Waals surface area contributed by atoms with Gasteiger partial charge < -0.3 is 5.11 Å². The zero-order chi connectivity index (χ0) is 14.4. The predicted octanol–water partition coefficient (Wildman–Crippen LogP) is 4.80. The van der Waals surface area contributed by atoms with Crippen LogP contribution in [0.15, 0.2) is 64.0 Å². The minimum atomic E-state index is -0.754. The molecule has 1 N–H and O–H groups in total. The highest BCUT2D eigenvalue weighted by Crippen LogP contribution is 2.29. The van der Waals surface area contributed by atoms with Gasteiger partial charge in [0.2, 0.25) is 0 Å². The van der Waals surface area contributed by atoms with Crippen LogP contribution >= 0.6 is 27.7 Å². The van der Waals surface area contributed by atoms with Crippen LogP contribution in [-0.2, 0) is 4.79 Å². The van der Waals surface area contributed by atoms with Crippen molar-refractivity contribution in [2.24, 2.45) is 0 Å². The average molecular weight is 351 g/mol. The Morgan fingerprint density at radius 2 is 1.75 bits per heavy atom. The number of thioether (sulfide) groups is 1. The van der Waals surface area contributed by atoms with Crippen LogP contribution in [0.1, 0.15) is 17.9 Å². The van der Waals surface area contributed by atoms with Crippen molar-refractivity contribution in [3.05, 3.63) is 64.6 Å². The molecule has 2 aromatic carbocycles. The fraction of sp³-hybridized carbons (Fsp3) is 0.188. The third-order valence-corrected chi connectivity index (χ3v) is 4.66. The lowest BCUT2D eigenvalue weighted by atomic mass is 9.98. The molecule has 0 spiro atoms. The molecular formula is C16H15BrO2S. The van der Waals surface area contributed by atoms with Gasteiger partial charge in [0.25, 0.3) is 0 Å². The number of aliphatic carboxylic acids is 1. The van der Waals surface area contributed by atoms with E-state index < -0.39 is 5.97 Å². The number of hydrogen-bond donors (Lipinski definition) is 1. The van der Waals surface area contributed by atoms with Crippen molar-refractivity contribution in [3.63, 3.8) is 0 Å². The Morgan fingerprint density at radius 3 is 2.35 bits per heavy atom. The molecule has 104 valence electrons. The standard InChI is InChI=1S/C16H15BrO2S/c17-14-6-8-15(9-7-14)20-11-13(10-16(18)19)12-4-2-1-3-5-12/h1-9,13H,10-11H2,(H,18,19). The summed E-state index contributed by atoms with van der Waals surface area (Å²) in [6.45, 7) is 0. The molecule has 1 unspecified atom stereocenters. The van der Waals surface area contributed by atoms with Gasteiger partial charge in [-0.1, -0.05) is 46.3 Å². The number of benzene rings is 2. The Morgan fingerprint density at radius 1 is 1.10 bits per heavy atom. The summed E-state index contributed by atoms with van der Waals surface area (Å²) in [4.78, 5) is 12.2. The van der Waals surface area contributed by atoms with Crippen LogP contribution in [0.2, 0.25) is 0 Å². The summed E-state index contributed by atoms with van der Waals surface area (Å²) >= 11 is 5.10. The van der Waals surface area contributed by atoms with E-state index in [0.717, 1.165) is 20.7 Å². The van der Waals surface area contributed by atoms with Gasteiger partial charge in [-0.05, 0) is 29.8 Å². The smallest absolute Gasteiger partial charge is 0.303 e. The van der Waals surface area contributed by atoms with Crippen LogP contribution in [0.5, 0.6) is 0 Å². The van der Waals surface area contributed by atoms with E-state index in [1.807, 2.05) is 54.6 Å². The molecular weight excluding hydrogens is 336 g/mol. The molecule has 0 saturated heterocycles. The summed E-state index contributed by atoms with van der Waals surface area (Å²) in [6.07, 6.45) is 0.160. The molecule has 2 aromatic rings. The number of rotatable bonds is 6. The van der Waals surface area contributed by atoms with Crippen molar-refractivity contribution < 1.29 is 9.90 Å². The Bertz CT molecular complexity index is 554. The van der Waals surface area contributed by atoms with Gasteiger partial charge in [0.15, 0.2) is 0 Å². The quantitative estimate of drug-likeness (QED) is 0.760. The highest BCUT2D eigenvalue weighted by Gasteiger charge is 2.15. The number of hydrogen-bond acceptors (Lipinski definition) is 2. The molecule has 4 heteroatoms. The maximum absolute atomic E-state index is 11.0. The van der Waals surface area contributed by atoms with Gasteiger partial charge in [-0.25, -0.2) is 0 Å². The van der Waals surface area contributed by atoms with Gasteiger partial charge in [0.05, 0.1) is 6.42 Å². The van der Waals surface area contributed by atoms with E-state index >= 15 is 0 Å². The lowest BCUT2D eigenvalue weighted by molar-refractivity contribution is -0.137. The zero-order valence-corrected chi connectivity index (χ0v) is 13.2. The van der Waals surface area contributed by atoms with Crippen molar-refractivity contribution in [3.8, 4) is 0 Å². The van der Waals surface area contributed by atoms with E-state index in [1.54, 1.807) is 11.8 Å². The first-order valence-electron chi connectivity index (χ1n) is 6.30. The van der Waals surface area contributed by atoms with Crippen LogP contribution in [0, 0.1) is 0 Å². The largest absolute Gasteiger partial charge is 0.481 e. The molecule has 0 amide bonds. The number of carboxylic acid groups (broad SMARTS) is 1. The lowest BCUT2D eigenvalue weighted by Crippen LogP contribution is -2.08. The van der Waals surface area contributed by atoms with Gasteiger partial charge in [-0.2, -0.15) is 0 Å². The van der Waals surface area contributed by atoms with Crippen molar-refractivity contribution in [1.29, 1.82) is 0 Å². The summed E-state index contributed by atoms with van der Waals surface area (Å²) in [5.41, 5.74) is 1.08. The first kappa shape index (κ1) is 15.1. The van der Waals surface area contributed by atoms with Crippen LogP contribution in [0.4, 0.5) is 0 Å². The highest BCUT2D eigenvalue weighted by molar-refractivity contribution is 9.10. The Labute approximate surface area is 131 Å². The number of carbonyl (C=O) groups is 1. The van der Waals surface area contributed by atoms with Gasteiger partial charge in [0, 0.05) is 21.0 Å². The van der Waals surface area contributed by atoms with Crippen molar-refractivity contribution in [1.82, 2.24) is 0 Å². The van der Waals surface area contributed by atoms with Crippen LogP contribution in [0.25, 0.3) is 0 Å². The van der Waals surface area contributed by atoms with E-state index in [9.17, 15) is 4.79 Å².